The molecule has 2 N–H and O–H groups in total. The van der Waals surface area contributed by atoms with Crippen LogP contribution in [0.2, 0.25) is 0 Å². The van der Waals surface area contributed by atoms with E-state index in [2.05, 4.69) is 0 Å². The van der Waals surface area contributed by atoms with Crippen LogP contribution in [0.5, 0.6) is 0 Å². The Labute approximate surface area is 67.2 Å². The van der Waals surface area contributed by atoms with Gasteiger partial charge in [-0.2, -0.15) is 0 Å². The molecule has 0 heterocycles. The average molecular weight is 157 g/mol. The third kappa shape index (κ3) is 7.06. The van der Waals surface area contributed by atoms with Crippen molar-refractivity contribution in [1.29, 1.82) is 0 Å². The van der Waals surface area contributed by atoms with Gasteiger partial charge in [0.05, 0.1) is 6.61 Å². The second-order valence-electron chi connectivity index (χ2n) is 2.66. The third-order valence-corrected chi connectivity index (χ3v) is 0.949. The lowest BCUT2D eigenvalue weighted by molar-refractivity contribution is -0.138. The van der Waals surface area contributed by atoms with Crippen molar-refractivity contribution in [1.82, 2.24) is 0 Å². The van der Waals surface area contributed by atoms with Gasteiger partial charge in [-0.05, 0) is 5.92 Å². The van der Waals surface area contributed by atoms with Crippen LogP contribution < -0.4 is 5.73 Å². The zero-order valence-corrected chi connectivity index (χ0v) is 7.04. The van der Waals surface area contributed by atoms with Crippen LogP contribution in [-0.4, -0.2) is 19.1 Å². The minimum atomic E-state index is -0.316. The Morgan fingerprint density at radius 3 is 2.73 bits per heavy atom. The number of hydrogen-bond acceptors (Lipinski definition) is 3. The molecule has 0 aromatic heterocycles. The highest BCUT2D eigenvalue weighted by molar-refractivity contribution is 5.81. The molecule has 0 aromatic carbocycles. The first-order chi connectivity index (χ1) is 5.16. The first-order valence-electron chi connectivity index (χ1n) is 3.70. The summed E-state index contributed by atoms with van der Waals surface area (Å²) in [4.78, 5) is 10.7. The second-order valence-corrected chi connectivity index (χ2v) is 2.66. The third-order valence-electron chi connectivity index (χ3n) is 0.949. The van der Waals surface area contributed by atoms with Gasteiger partial charge in [-0.15, -0.1) is 0 Å². The SMILES string of the molecule is CC(C)COC(=O)/C=C/CN. The van der Waals surface area contributed by atoms with Crippen LogP contribution in [0.25, 0.3) is 0 Å². The fourth-order valence-electron chi connectivity index (χ4n) is 0.461. The summed E-state index contributed by atoms with van der Waals surface area (Å²) in [7, 11) is 0. The molecular formula is C8H15NO2. The molecule has 0 aromatic rings. The van der Waals surface area contributed by atoms with Crippen molar-refractivity contribution in [3.05, 3.63) is 12.2 Å². The van der Waals surface area contributed by atoms with Gasteiger partial charge in [0.1, 0.15) is 0 Å². The van der Waals surface area contributed by atoms with Gasteiger partial charge in [-0.3, -0.25) is 0 Å². The minimum Gasteiger partial charge on any atom is -0.462 e. The Morgan fingerprint density at radius 1 is 1.64 bits per heavy atom. The zero-order valence-electron chi connectivity index (χ0n) is 7.04. The molecule has 11 heavy (non-hydrogen) atoms. The van der Waals surface area contributed by atoms with Crippen molar-refractivity contribution >= 4 is 5.97 Å². The molecular weight excluding hydrogens is 142 g/mol. The summed E-state index contributed by atoms with van der Waals surface area (Å²) in [5.41, 5.74) is 5.14. The van der Waals surface area contributed by atoms with Crippen molar-refractivity contribution in [2.24, 2.45) is 11.7 Å². The van der Waals surface area contributed by atoms with Gasteiger partial charge in [-0.25, -0.2) is 4.79 Å². The maximum atomic E-state index is 10.7. The molecule has 0 amide bonds. The molecule has 0 saturated carbocycles. The fraction of sp³-hybridized carbons (Fsp3) is 0.625. The molecule has 0 fully saturated rings. The number of rotatable bonds is 4. The summed E-state index contributed by atoms with van der Waals surface area (Å²) in [5, 5.41) is 0. The number of ether oxygens (including phenoxy) is 1. The number of esters is 1. The van der Waals surface area contributed by atoms with E-state index in [1.165, 1.54) is 6.08 Å². The lowest BCUT2D eigenvalue weighted by Gasteiger charge is -2.03. The van der Waals surface area contributed by atoms with Crippen molar-refractivity contribution in [2.45, 2.75) is 13.8 Å². The number of nitrogens with two attached hydrogens (primary N) is 1. The number of carbonyl (C=O) groups is 1. The van der Waals surface area contributed by atoms with E-state index >= 15 is 0 Å². The van der Waals surface area contributed by atoms with Crippen molar-refractivity contribution in [2.75, 3.05) is 13.2 Å². The number of hydrogen-bond donors (Lipinski definition) is 1. The standard InChI is InChI=1S/C8H15NO2/c1-7(2)6-11-8(10)4-3-5-9/h3-4,7H,5-6,9H2,1-2H3/b4-3+. The largest absolute Gasteiger partial charge is 0.462 e. The molecule has 0 saturated heterocycles. The molecule has 0 aliphatic carbocycles. The highest BCUT2D eigenvalue weighted by Crippen LogP contribution is 1.92. The van der Waals surface area contributed by atoms with Crippen LogP contribution >= 0.6 is 0 Å². The van der Waals surface area contributed by atoms with E-state index in [0.29, 0.717) is 19.1 Å². The lowest BCUT2D eigenvalue weighted by Crippen LogP contribution is -2.07. The second kappa shape index (κ2) is 5.92. The van der Waals surface area contributed by atoms with Crippen LogP contribution in [0.3, 0.4) is 0 Å². The van der Waals surface area contributed by atoms with Crippen molar-refractivity contribution in [3.8, 4) is 0 Å². The molecule has 0 spiro atoms. The van der Waals surface area contributed by atoms with Crippen LogP contribution in [0, 0.1) is 5.92 Å². The highest BCUT2D eigenvalue weighted by atomic mass is 16.5. The van der Waals surface area contributed by atoms with Gasteiger partial charge in [0.15, 0.2) is 0 Å². The Balaban J connectivity index is 3.45. The molecule has 0 aliphatic rings. The quantitative estimate of drug-likeness (QED) is 0.482. The van der Waals surface area contributed by atoms with Crippen LogP contribution in [0.1, 0.15) is 13.8 Å². The predicted molar refractivity (Wildman–Crippen MR) is 44.0 cm³/mol. The van der Waals surface area contributed by atoms with Crippen LogP contribution in [0.4, 0.5) is 0 Å². The van der Waals surface area contributed by atoms with Gasteiger partial charge < -0.3 is 10.5 Å². The van der Waals surface area contributed by atoms with Gasteiger partial charge in [0.2, 0.25) is 0 Å². The van der Waals surface area contributed by atoms with E-state index in [4.69, 9.17) is 10.5 Å². The molecule has 0 atom stereocenters. The number of carbonyl (C=O) groups excluding carboxylic acids is 1. The molecule has 0 bridgehead atoms. The predicted octanol–water partition coefficient (Wildman–Crippen LogP) is 0.701. The summed E-state index contributed by atoms with van der Waals surface area (Å²) in [5.74, 6) is 0.0642. The van der Waals surface area contributed by atoms with Gasteiger partial charge >= 0.3 is 5.97 Å². The molecule has 0 unspecified atom stereocenters. The van der Waals surface area contributed by atoms with E-state index in [1.807, 2.05) is 13.8 Å². The van der Waals surface area contributed by atoms with E-state index in [1.54, 1.807) is 6.08 Å². The lowest BCUT2D eigenvalue weighted by atomic mass is 10.2. The molecule has 0 radical (unpaired) electrons. The molecule has 64 valence electrons. The minimum absolute atomic E-state index is 0.316. The van der Waals surface area contributed by atoms with Gasteiger partial charge in [0.25, 0.3) is 0 Å². The Kier molecular flexibility index (Phi) is 5.47. The summed E-state index contributed by atoms with van der Waals surface area (Å²) in [6.07, 6.45) is 2.92. The average Bonchev–Trinajstić information content (AvgIpc) is 1.97. The van der Waals surface area contributed by atoms with Crippen LogP contribution in [-0.2, 0) is 9.53 Å². The topological polar surface area (TPSA) is 52.3 Å². The van der Waals surface area contributed by atoms with Gasteiger partial charge in [-0.1, -0.05) is 19.9 Å². The van der Waals surface area contributed by atoms with Crippen molar-refractivity contribution < 1.29 is 9.53 Å². The summed E-state index contributed by atoms with van der Waals surface area (Å²) in [6.45, 7) is 4.81. The zero-order chi connectivity index (χ0) is 8.69. The fourth-order valence-corrected chi connectivity index (χ4v) is 0.461. The van der Waals surface area contributed by atoms with E-state index < -0.39 is 0 Å². The molecule has 3 heteroatoms. The van der Waals surface area contributed by atoms with Crippen molar-refractivity contribution in [3.63, 3.8) is 0 Å². The highest BCUT2D eigenvalue weighted by Gasteiger charge is 1.97. The molecule has 0 rings (SSSR count). The summed E-state index contributed by atoms with van der Waals surface area (Å²) >= 11 is 0. The van der Waals surface area contributed by atoms with E-state index in [9.17, 15) is 4.79 Å². The first-order valence-corrected chi connectivity index (χ1v) is 3.70. The van der Waals surface area contributed by atoms with E-state index in [-0.39, 0.29) is 5.97 Å². The summed E-state index contributed by atoms with van der Waals surface area (Å²) < 4.78 is 4.82. The summed E-state index contributed by atoms with van der Waals surface area (Å²) in [6, 6.07) is 0. The maximum absolute atomic E-state index is 10.7. The molecule has 0 aliphatic heterocycles. The monoisotopic (exact) mass is 157 g/mol. The molecule has 3 nitrogen and oxygen atoms in total. The van der Waals surface area contributed by atoms with E-state index in [0.717, 1.165) is 0 Å². The Morgan fingerprint density at radius 2 is 2.27 bits per heavy atom. The normalized spacial score (nSPS) is 10.9. The Hall–Kier alpha value is -0.830. The van der Waals surface area contributed by atoms with Gasteiger partial charge in [0, 0.05) is 12.6 Å². The maximum Gasteiger partial charge on any atom is 0.330 e. The smallest absolute Gasteiger partial charge is 0.330 e. The van der Waals surface area contributed by atoms with Crippen LogP contribution in [0.15, 0.2) is 12.2 Å². The Bertz CT molecular complexity index is 141. The first kappa shape index (κ1) is 10.2.